The summed E-state index contributed by atoms with van der Waals surface area (Å²) >= 11 is 1.73. The third-order valence-electron chi connectivity index (χ3n) is 4.47. The Balaban J connectivity index is 1.75. The highest BCUT2D eigenvalue weighted by Crippen LogP contribution is 2.23. The summed E-state index contributed by atoms with van der Waals surface area (Å²) in [6.45, 7) is 6.07. The number of aryl methyl sites for hydroxylation is 2. The zero-order valence-electron chi connectivity index (χ0n) is 15.4. The predicted molar refractivity (Wildman–Crippen MR) is 109 cm³/mol. The minimum Gasteiger partial charge on any atom is -0.326 e. The van der Waals surface area contributed by atoms with E-state index in [9.17, 15) is 4.79 Å². The van der Waals surface area contributed by atoms with Crippen LogP contribution < -0.4 is 10.6 Å². The van der Waals surface area contributed by atoms with Gasteiger partial charge in [0, 0.05) is 11.3 Å². The summed E-state index contributed by atoms with van der Waals surface area (Å²) in [5, 5.41) is 7.25. The number of benzene rings is 2. The first-order valence-electron chi connectivity index (χ1n) is 8.85. The van der Waals surface area contributed by atoms with Crippen LogP contribution in [0, 0.1) is 13.8 Å². The molecule has 3 nitrogen and oxygen atoms in total. The van der Waals surface area contributed by atoms with Crippen molar-refractivity contribution in [1.29, 1.82) is 0 Å². The molecule has 1 heterocycles. The largest absolute Gasteiger partial charge is 0.326 e. The first kappa shape index (κ1) is 18.4. The number of quaternary nitrogens is 1. The summed E-state index contributed by atoms with van der Waals surface area (Å²) < 4.78 is 0. The van der Waals surface area contributed by atoms with Crippen molar-refractivity contribution in [3.05, 3.63) is 87.6 Å². The molecule has 1 aromatic heterocycles. The number of nitrogens with two attached hydrogens (primary N) is 1. The fraction of sp³-hybridized carbons (Fsp3) is 0.227. The van der Waals surface area contributed by atoms with E-state index in [-0.39, 0.29) is 18.0 Å². The molecule has 0 unspecified atom stereocenters. The van der Waals surface area contributed by atoms with Crippen molar-refractivity contribution in [2.75, 3.05) is 5.32 Å². The van der Waals surface area contributed by atoms with E-state index in [1.807, 2.05) is 38.1 Å². The van der Waals surface area contributed by atoms with Crippen molar-refractivity contribution >= 4 is 22.9 Å². The first-order valence-corrected chi connectivity index (χ1v) is 9.73. The van der Waals surface area contributed by atoms with E-state index in [1.54, 1.807) is 11.3 Å². The highest BCUT2D eigenvalue weighted by Gasteiger charge is 2.25. The molecule has 3 rings (SSSR count). The normalized spacial score (nSPS) is 13.2. The smallest absolute Gasteiger partial charge is 0.282 e. The van der Waals surface area contributed by atoms with Gasteiger partial charge >= 0.3 is 0 Å². The molecule has 2 aromatic carbocycles. The summed E-state index contributed by atoms with van der Waals surface area (Å²) in [6, 6.07) is 20.6. The van der Waals surface area contributed by atoms with Gasteiger partial charge in [-0.15, -0.1) is 11.3 Å². The van der Waals surface area contributed by atoms with Gasteiger partial charge in [0.15, 0.2) is 6.04 Å². The fourth-order valence-corrected chi connectivity index (χ4v) is 3.80. The number of nitrogens with one attached hydrogen (secondary N) is 1. The van der Waals surface area contributed by atoms with E-state index in [4.69, 9.17) is 0 Å². The van der Waals surface area contributed by atoms with Gasteiger partial charge in [-0.3, -0.25) is 4.79 Å². The molecule has 4 heteroatoms. The standard InChI is InChI=1S/C22H24N2OS/c1-15-9-11-18(12-10-15)21(20-8-5-13-26-20)23-17(3)22(25)24-19-7-4-6-16(2)14-19/h4-14,17,21,23H,1-3H3,(H,24,25)/p+1/t17-,21-/m0/s1. The van der Waals surface area contributed by atoms with E-state index in [0.717, 1.165) is 11.3 Å². The van der Waals surface area contributed by atoms with Crippen molar-refractivity contribution in [2.24, 2.45) is 0 Å². The summed E-state index contributed by atoms with van der Waals surface area (Å²) in [5.41, 5.74) is 4.44. The topological polar surface area (TPSA) is 45.7 Å². The summed E-state index contributed by atoms with van der Waals surface area (Å²) in [7, 11) is 0. The molecule has 2 atom stereocenters. The second-order valence-corrected chi connectivity index (χ2v) is 7.72. The van der Waals surface area contributed by atoms with E-state index < -0.39 is 0 Å². The highest BCUT2D eigenvalue weighted by molar-refractivity contribution is 7.10. The Morgan fingerprint density at radius 3 is 2.42 bits per heavy atom. The number of thiophene rings is 1. The van der Waals surface area contributed by atoms with E-state index in [2.05, 4.69) is 59.3 Å². The quantitative estimate of drug-likeness (QED) is 0.680. The Morgan fingerprint density at radius 2 is 1.77 bits per heavy atom. The zero-order chi connectivity index (χ0) is 18.5. The molecular formula is C22H25N2OS+. The second kappa shape index (κ2) is 8.30. The Bertz CT molecular complexity index is 856. The van der Waals surface area contributed by atoms with E-state index in [1.165, 1.54) is 16.0 Å². The van der Waals surface area contributed by atoms with Crippen LogP contribution in [0.4, 0.5) is 5.69 Å². The average Bonchev–Trinajstić information content (AvgIpc) is 3.14. The van der Waals surface area contributed by atoms with Crippen molar-refractivity contribution in [1.82, 2.24) is 0 Å². The molecule has 0 spiro atoms. The lowest BCUT2D eigenvalue weighted by Gasteiger charge is -2.19. The number of amides is 1. The predicted octanol–water partition coefficient (Wildman–Crippen LogP) is 4.04. The minimum atomic E-state index is -0.205. The third-order valence-corrected chi connectivity index (χ3v) is 5.42. The van der Waals surface area contributed by atoms with Crippen molar-refractivity contribution in [3.8, 4) is 0 Å². The third kappa shape index (κ3) is 4.59. The molecule has 0 radical (unpaired) electrons. The van der Waals surface area contributed by atoms with Crippen LogP contribution in [-0.4, -0.2) is 11.9 Å². The maximum Gasteiger partial charge on any atom is 0.282 e. The van der Waals surface area contributed by atoms with Gasteiger partial charge in [0.2, 0.25) is 0 Å². The number of carbonyl (C=O) groups excluding carboxylic acids is 1. The first-order chi connectivity index (χ1) is 12.5. The molecule has 1 amide bonds. The number of anilines is 1. The second-order valence-electron chi connectivity index (χ2n) is 6.74. The SMILES string of the molecule is Cc1ccc([C@H]([NH2+][C@@H](C)C(=O)Nc2cccc(C)c2)c2cccs2)cc1. The van der Waals surface area contributed by atoms with Gasteiger partial charge in [0.1, 0.15) is 6.04 Å². The molecule has 0 aliphatic rings. The maximum atomic E-state index is 12.7. The molecule has 0 bridgehead atoms. The molecule has 3 N–H and O–H groups in total. The van der Waals surface area contributed by atoms with Gasteiger partial charge in [0.25, 0.3) is 5.91 Å². The Hall–Kier alpha value is -2.43. The van der Waals surface area contributed by atoms with Crippen LogP contribution in [-0.2, 0) is 4.79 Å². The molecule has 134 valence electrons. The molecule has 3 aromatic rings. The minimum absolute atomic E-state index is 0.0178. The molecule has 0 aliphatic carbocycles. The summed E-state index contributed by atoms with van der Waals surface area (Å²) in [5.74, 6) is 0.0178. The Labute approximate surface area is 159 Å². The van der Waals surface area contributed by atoms with Crippen molar-refractivity contribution in [2.45, 2.75) is 32.9 Å². The van der Waals surface area contributed by atoms with Crippen molar-refractivity contribution < 1.29 is 10.1 Å². The molecule has 0 saturated heterocycles. The molecule has 0 aliphatic heterocycles. The average molecular weight is 366 g/mol. The molecule has 0 fully saturated rings. The number of hydrogen-bond acceptors (Lipinski definition) is 2. The van der Waals surface area contributed by atoms with Crippen LogP contribution in [0.3, 0.4) is 0 Å². The highest BCUT2D eigenvalue weighted by atomic mass is 32.1. The number of carbonyl (C=O) groups is 1. The van der Waals surface area contributed by atoms with Gasteiger partial charge in [-0.2, -0.15) is 0 Å². The maximum absolute atomic E-state index is 12.7. The lowest BCUT2D eigenvalue weighted by atomic mass is 10.0. The number of rotatable bonds is 6. The molecule has 0 saturated carbocycles. The van der Waals surface area contributed by atoms with Gasteiger partial charge in [0.05, 0.1) is 4.88 Å². The van der Waals surface area contributed by atoms with Crippen molar-refractivity contribution in [3.63, 3.8) is 0 Å². The summed E-state index contributed by atoms with van der Waals surface area (Å²) in [6.07, 6.45) is 0. The van der Waals surface area contributed by atoms with Crippen LogP contribution in [0.1, 0.15) is 34.5 Å². The molecule has 26 heavy (non-hydrogen) atoms. The van der Waals surface area contributed by atoms with Crippen LogP contribution >= 0.6 is 11.3 Å². The van der Waals surface area contributed by atoms with Crippen LogP contribution in [0.15, 0.2) is 66.0 Å². The van der Waals surface area contributed by atoms with Crippen LogP contribution in [0.5, 0.6) is 0 Å². The van der Waals surface area contributed by atoms with Gasteiger partial charge in [-0.1, -0.05) is 48.0 Å². The van der Waals surface area contributed by atoms with Crippen LogP contribution in [0.2, 0.25) is 0 Å². The molecular weight excluding hydrogens is 340 g/mol. The Kier molecular flexibility index (Phi) is 5.86. The zero-order valence-corrected chi connectivity index (χ0v) is 16.2. The lowest BCUT2D eigenvalue weighted by Crippen LogP contribution is -2.92. The number of hydrogen-bond donors (Lipinski definition) is 2. The van der Waals surface area contributed by atoms with E-state index in [0.29, 0.717) is 0 Å². The van der Waals surface area contributed by atoms with E-state index >= 15 is 0 Å². The Morgan fingerprint density at radius 1 is 1.00 bits per heavy atom. The fourth-order valence-electron chi connectivity index (χ4n) is 2.97. The lowest BCUT2D eigenvalue weighted by molar-refractivity contribution is -0.703. The van der Waals surface area contributed by atoms with Crippen LogP contribution in [0.25, 0.3) is 0 Å². The summed E-state index contributed by atoms with van der Waals surface area (Å²) in [4.78, 5) is 13.9. The monoisotopic (exact) mass is 365 g/mol. The van der Waals surface area contributed by atoms with Gasteiger partial charge < -0.3 is 10.6 Å². The van der Waals surface area contributed by atoms with Gasteiger partial charge in [-0.05, 0) is 49.9 Å². The van der Waals surface area contributed by atoms with Gasteiger partial charge in [-0.25, -0.2) is 0 Å².